The van der Waals surface area contributed by atoms with E-state index in [0.717, 1.165) is 30.3 Å². The molecule has 2 heterocycles. The zero-order valence-corrected chi connectivity index (χ0v) is 11.5. The molecule has 20 heavy (non-hydrogen) atoms. The molecule has 0 amide bonds. The number of aromatic nitrogens is 1. The van der Waals surface area contributed by atoms with Crippen molar-refractivity contribution in [2.75, 3.05) is 13.2 Å². The zero-order valence-electron chi connectivity index (χ0n) is 11.5. The molecule has 0 bridgehead atoms. The Kier molecular flexibility index (Phi) is 3.83. The first-order chi connectivity index (χ1) is 9.81. The van der Waals surface area contributed by atoms with Crippen molar-refractivity contribution < 1.29 is 9.47 Å². The highest BCUT2D eigenvalue weighted by molar-refractivity contribution is 5.40. The molecule has 0 fully saturated rings. The van der Waals surface area contributed by atoms with Gasteiger partial charge >= 0.3 is 0 Å². The van der Waals surface area contributed by atoms with E-state index in [1.54, 1.807) is 0 Å². The number of nitrogens with one attached hydrogen (secondary N) is 1. The fourth-order valence-electron chi connectivity index (χ4n) is 2.13. The van der Waals surface area contributed by atoms with Gasteiger partial charge in [0.05, 0.1) is 5.69 Å². The summed E-state index contributed by atoms with van der Waals surface area (Å²) in [5.74, 6) is 1.64. The van der Waals surface area contributed by atoms with Crippen molar-refractivity contribution in [3.05, 3.63) is 53.9 Å². The van der Waals surface area contributed by atoms with E-state index < -0.39 is 0 Å². The summed E-state index contributed by atoms with van der Waals surface area (Å²) in [7, 11) is 0. The standard InChI is InChI=1S/C16H18N2O2/c1-12-6-7-13(18-8-12)9-17-10-14-11-19-15-4-2-3-5-16(15)20-14/h2-8,14,17H,9-11H2,1H3/t14-/m1/s1. The Morgan fingerprint density at radius 1 is 1.20 bits per heavy atom. The van der Waals surface area contributed by atoms with Gasteiger partial charge in [-0.3, -0.25) is 4.98 Å². The fourth-order valence-corrected chi connectivity index (χ4v) is 2.13. The predicted molar refractivity (Wildman–Crippen MR) is 77.0 cm³/mol. The lowest BCUT2D eigenvalue weighted by Crippen LogP contribution is -2.38. The van der Waals surface area contributed by atoms with Gasteiger partial charge in [0.25, 0.3) is 0 Å². The van der Waals surface area contributed by atoms with Gasteiger partial charge in [-0.05, 0) is 30.7 Å². The van der Waals surface area contributed by atoms with E-state index in [-0.39, 0.29) is 6.10 Å². The Morgan fingerprint density at radius 3 is 2.85 bits per heavy atom. The summed E-state index contributed by atoms with van der Waals surface area (Å²) in [5, 5.41) is 3.35. The molecule has 0 saturated carbocycles. The predicted octanol–water partition coefficient (Wildman–Crippen LogP) is 2.32. The van der Waals surface area contributed by atoms with Crippen molar-refractivity contribution in [2.45, 2.75) is 19.6 Å². The molecule has 1 aromatic heterocycles. The van der Waals surface area contributed by atoms with Crippen LogP contribution in [0.3, 0.4) is 0 Å². The van der Waals surface area contributed by atoms with Crippen LogP contribution in [0.5, 0.6) is 11.5 Å². The SMILES string of the molecule is Cc1ccc(CNC[C@@H]2COc3ccccc3O2)nc1. The number of nitrogens with zero attached hydrogens (tertiary/aromatic N) is 1. The summed E-state index contributed by atoms with van der Waals surface area (Å²) >= 11 is 0. The van der Waals surface area contributed by atoms with Gasteiger partial charge in [0.1, 0.15) is 12.7 Å². The van der Waals surface area contributed by atoms with E-state index in [2.05, 4.69) is 16.4 Å². The first-order valence-corrected chi connectivity index (χ1v) is 6.82. The normalized spacial score (nSPS) is 16.9. The Hall–Kier alpha value is -2.07. The molecule has 1 atom stereocenters. The average Bonchev–Trinajstić information content (AvgIpc) is 2.49. The molecule has 1 aromatic carbocycles. The van der Waals surface area contributed by atoms with E-state index in [1.165, 1.54) is 5.56 Å². The maximum absolute atomic E-state index is 5.88. The van der Waals surface area contributed by atoms with E-state index in [4.69, 9.17) is 9.47 Å². The van der Waals surface area contributed by atoms with Crippen LogP contribution in [0.25, 0.3) is 0 Å². The van der Waals surface area contributed by atoms with Crippen molar-refractivity contribution in [3.63, 3.8) is 0 Å². The Balaban J connectivity index is 1.49. The molecule has 1 N–H and O–H groups in total. The number of aryl methyl sites for hydroxylation is 1. The van der Waals surface area contributed by atoms with Crippen molar-refractivity contribution in [1.82, 2.24) is 10.3 Å². The van der Waals surface area contributed by atoms with Gasteiger partial charge in [0.15, 0.2) is 11.5 Å². The fraction of sp³-hybridized carbons (Fsp3) is 0.312. The molecule has 104 valence electrons. The third kappa shape index (κ3) is 3.08. The van der Waals surface area contributed by atoms with Gasteiger partial charge in [-0.25, -0.2) is 0 Å². The van der Waals surface area contributed by atoms with Crippen LogP contribution in [0.1, 0.15) is 11.3 Å². The van der Waals surface area contributed by atoms with Gasteiger partial charge in [-0.1, -0.05) is 18.2 Å². The number of rotatable bonds is 4. The van der Waals surface area contributed by atoms with Crippen LogP contribution >= 0.6 is 0 Å². The first-order valence-electron chi connectivity index (χ1n) is 6.82. The highest BCUT2D eigenvalue weighted by Crippen LogP contribution is 2.30. The molecule has 4 nitrogen and oxygen atoms in total. The lowest BCUT2D eigenvalue weighted by atomic mass is 10.2. The van der Waals surface area contributed by atoms with Crippen LogP contribution in [-0.4, -0.2) is 24.2 Å². The largest absolute Gasteiger partial charge is 0.486 e. The number of benzene rings is 1. The summed E-state index contributed by atoms with van der Waals surface area (Å²) in [4.78, 5) is 4.36. The van der Waals surface area contributed by atoms with Gasteiger partial charge in [-0.2, -0.15) is 0 Å². The Morgan fingerprint density at radius 2 is 2.05 bits per heavy atom. The van der Waals surface area contributed by atoms with Crippen LogP contribution in [0, 0.1) is 6.92 Å². The molecule has 3 rings (SSSR count). The minimum atomic E-state index is 0.0374. The highest BCUT2D eigenvalue weighted by atomic mass is 16.6. The van der Waals surface area contributed by atoms with Crippen LogP contribution in [0.15, 0.2) is 42.6 Å². The van der Waals surface area contributed by atoms with Gasteiger partial charge in [0.2, 0.25) is 0 Å². The molecule has 0 spiro atoms. The lowest BCUT2D eigenvalue weighted by molar-refractivity contribution is 0.0901. The molecule has 4 heteroatoms. The second-order valence-electron chi connectivity index (χ2n) is 4.96. The summed E-state index contributed by atoms with van der Waals surface area (Å²) in [6.07, 6.45) is 1.92. The maximum atomic E-state index is 5.88. The van der Waals surface area contributed by atoms with Gasteiger partial charge < -0.3 is 14.8 Å². The highest BCUT2D eigenvalue weighted by Gasteiger charge is 2.19. The van der Waals surface area contributed by atoms with Crippen LogP contribution in [0.2, 0.25) is 0 Å². The van der Waals surface area contributed by atoms with Gasteiger partial charge in [0, 0.05) is 19.3 Å². The van der Waals surface area contributed by atoms with Crippen LogP contribution in [0.4, 0.5) is 0 Å². The van der Waals surface area contributed by atoms with Crippen molar-refractivity contribution in [2.24, 2.45) is 0 Å². The Bertz CT molecular complexity index is 569. The third-order valence-electron chi connectivity index (χ3n) is 3.22. The summed E-state index contributed by atoms with van der Waals surface area (Å²) in [6, 6.07) is 11.9. The maximum Gasteiger partial charge on any atom is 0.161 e. The molecule has 1 aliphatic heterocycles. The molecule has 0 unspecified atom stereocenters. The molecule has 0 radical (unpaired) electrons. The van der Waals surface area contributed by atoms with E-state index >= 15 is 0 Å². The second-order valence-corrected chi connectivity index (χ2v) is 4.96. The second kappa shape index (κ2) is 5.92. The van der Waals surface area contributed by atoms with Crippen molar-refractivity contribution in [3.8, 4) is 11.5 Å². The van der Waals surface area contributed by atoms with E-state index in [1.807, 2.05) is 43.5 Å². The molecule has 1 aliphatic rings. The number of para-hydroxylation sites is 2. The van der Waals surface area contributed by atoms with Crippen molar-refractivity contribution >= 4 is 0 Å². The topological polar surface area (TPSA) is 43.4 Å². The van der Waals surface area contributed by atoms with Gasteiger partial charge in [-0.15, -0.1) is 0 Å². The van der Waals surface area contributed by atoms with E-state index in [0.29, 0.717) is 6.61 Å². The monoisotopic (exact) mass is 270 g/mol. The van der Waals surface area contributed by atoms with Crippen LogP contribution < -0.4 is 14.8 Å². The number of ether oxygens (including phenoxy) is 2. The van der Waals surface area contributed by atoms with E-state index in [9.17, 15) is 0 Å². The summed E-state index contributed by atoms with van der Waals surface area (Å²) in [5.41, 5.74) is 2.21. The summed E-state index contributed by atoms with van der Waals surface area (Å²) < 4.78 is 11.6. The average molecular weight is 270 g/mol. The zero-order chi connectivity index (χ0) is 13.8. The number of fused-ring (bicyclic) bond motifs is 1. The minimum absolute atomic E-state index is 0.0374. The smallest absolute Gasteiger partial charge is 0.161 e. The number of pyridine rings is 1. The number of hydrogen-bond acceptors (Lipinski definition) is 4. The quantitative estimate of drug-likeness (QED) is 0.926. The molecule has 2 aromatic rings. The minimum Gasteiger partial charge on any atom is -0.486 e. The molecular formula is C16H18N2O2. The first kappa shape index (κ1) is 12.9. The lowest BCUT2D eigenvalue weighted by Gasteiger charge is -2.26. The van der Waals surface area contributed by atoms with Crippen molar-refractivity contribution in [1.29, 1.82) is 0 Å². The summed E-state index contributed by atoms with van der Waals surface area (Å²) in [6.45, 7) is 4.09. The third-order valence-corrected chi connectivity index (χ3v) is 3.22. The van der Waals surface area contributed by atoms with Crippen LogP contribution in [-0.2, 0) is 6.54 Å². The molecular weight excluding hydrogens is 252 g/mol. The Labute approximate surface area is 118 Å². The number of hydrogen-bond donors (Lipinski definition) is 1. The molecule has 0 aliphatic carbocycles. The molecule has 0 saturated heterocycles.